The molecule has 0 aliphatic carbocycles. The molecule has 0 bridgehead atoms. The highest BCUT2D eigenvalue weighted by Gasteiger charge is 2.23. The van der Waals surface area contributed by atoms with Gasteiger partial charge in [-0.1, -0.05) is 24.3 Å². The number of halogens is 1. The fourth-order valence-corrected chi connectivity index (χ4v) is 3.02. The van der Waals surface area contributed by atoms with Gasteiger partial charge in [0, 0.05) is 22.6 Å². The first kappa shape index (κ1) is 17.6. The minimum Gasteiger partial charge on any atom is -0.318 e. The predicted octanol–water partition coefficient (Wildman–Crippen LogP) is 4.36. The highest BCUT2D eigenvalue weighted by atomic mass is 19.1. The smallest absolute Gasteiger partial charge is 0.296 e. The number of carbonyl (C=O) groups excluding carboxylic acids is 2. The second-order valence-corrected chi connectivity index (χ2v) is 6.22. The number of aryl methyl sites for hydroxylation is 2. The SMILES string of the molecule is Cc1cccc(-n2c(C)cc(C(=O)C(=O)Nc3ccccc3F)c2C)c1. The quantitative estimate of drug-likeness (QED) is 0.561. The van der Waals surface area contributed by atoms with Crippen LogP contribution in [0.4, 0.5) is 10.1 Å². The minimum absolute atomic E-state index is 0.0154. The molecule has 0 saturated carbocycles. The topological polar surface area (TPSA) is 51.1 Å². The Labute approximate surface area is 151 Å². The van der Waals surface area contributed by atoms with E-state index in [1.807, 2.05) is 42.7 Å². The lowest BCUT2D eigenvalue weighted by molar-refractivity contribution is -0.112. The Hall–Kier alpha value is -3.21. The summed E-state index contributed by atoms with van der Waals surface area (Å²) in [4.78, 5) is 24.9. The number of ketones is 1. The van der Waals surface area contributed by atoms with Crippen LogP contribution in [0.2, 0.25) is 0 Å². The molecule has 0 aliphatic heterocycles. The molecule has 3 aromatic rings. The summed E-state index contributed by atoms with van der Waals surface area (Å²) in [6.45, 7) is 5.66. The van der Waals surface area contributed by atoms with Crippen molar-refractivity contribution in [2.75, 3.05) is 5.32 Å². The number of aromatic nitrogens is 1. The number of Topliss-reactive ketones (excluding diaryl/α,β-unsaturated/α-hetero) is 1. The van der Waals surface area contributed by atoms with Crippen LogP contribution in [0, 0.1) is 26.6 Å². The van der Waals surface area contributed by atoms with Crippen molar-refractivity contribution in [3.05, 3.63) is 82.9 Å². The fourth-order valence-electron chi connectivity index (χ4n) is 3.02. The molecule has 0 radical (unpaired) electrons. The van der Waals surface area contributed by atoms with Crippen molar-refractivity contribution in [3.8, 4) is 5.69 Å². The summed E-state index contributed by atoms with van der Waals surface area (Å²) >= 11 is 0. The van der Waals surface area contributed by atoms with Crippen LogP contribution in [0.3, 0.4) is 0 Å². The van der Waals surface area contributed by atoms with Gasteiger partial charge in [0.25, 0.3) is 11.7 Å². The molecule has 1 N–H and O–H groups in total. The highest BCUT2D eigenvalue weighted by Crippen LogP contribution is 2.22. The molecule has 1 aromatic heterocycles. The lowest BCUT2D eigenvalue weighted by Gasteiger charge is -2.10. The molecule has 26 heavy (non-hydrogen) atoms. The summed E-state index contributed by atoms with van der Waals surface area (Å²) < 4.78 is 15.6. The first-order chi connectivity index (χ1) is 12.4. The number of benzene rings is 2. The summed E-state index contributed by atoms with van der Waals surface area (Å²) in [5, 5.41) is 2.34. The van der Waals surface area contributed by atoms with Crippen LogP contribution in [0.5, 0.6) is 0 Å². The number of para-hydroxylation sites is 1. The molecule has 3 rings (SSSR count). The van der Waals surface area contributed by atoms with Crippen molar-refractivity contribution < 1.29 is 14.0 Å². The van der Waals surface area contributed by atoms with E-state index in [9.17, 15) is 14.0 Å². The summed E-state index contributed by atoms with van der Waals surface area (Å²) in [6.07, 6.45) is 0. The van der Waals surface area contributed by atoms with Gasteiger partial charge in [0.05, 0.1) is 5.69 Å². The first-order valence-corrected chi connectivity index (χ1v) is 8.24. The summed E-state index contributed by atoms with van der Waals surface area (Å²) in [5.41, 5.74) is 3.82. The third kappa shape index (κ3) is 3.28. The maximum Gasteiger partial charge on any atom is 0.296 e. The van der Waals surface area contributed by atoms with Crippen LogP contribution in [0.25, 0.3) is 5.69 Å². The van der Waals surface area contributed by atoms with Crippen LogP contribution in [-0.2, 0) is 4.79 Å². The first-order valence-electron chi connectivity index (χ1n) is 8.24. The van der Waals surface area contributed by atoms with E-state index >= 15 is 0 Å². The average molecular weight is 350 g/mol. The molecular weight excluding hydrogens is 331 g/mol. The minimum atomic E-state index is -0.861. The molecule has 2 aromatic carbocycles. The van der Waals surface area contributed by atoms with E-state index in [2.05, 4.69) is 5.32 Å². The van der Waals surface area contributed by atoms with Gasteiger partial charge in [0.1, 0.15) is 5.82 Å². The zero-order valence-electron chi connectivity index (χ0n) is 14.8. The molecule has 1 amide bonds. The van der Waals surface area contributed by atoms with Gasteiger partial charge in [-0.2, -0.15) is 0 Å². The number of nitrogens with zero attached hydrogens (tertiary/aromatic N) is 1. The Balaban J connectivity index is 1.92. The molecule has 0 spiro atoms. The van der Waals surface area contributed by atoms with Gasteiger partial charge in [-0.3, -0.25) is 9.59 Å². The van der Waals surface area contributed by atoms with Crippen LogP contribution in [0.15, 0.2) is 54.6 Å². The summed E-state index contributed by atoms with van der Waals surface area (Å²) in [5.74, 6) is -2.14. The highest BCUT2D eigenvalue weighted by molar-refractivity contribution is 6.46. The van der Waals surface area contributed by atoms with Crippen molar-refractivity contribution in [2.45, 2.75) is 20.8 Å². The van der Waals surface area contributed by atoms with E-state index in [4.69, 9.17) is 0 Å². The zero-order chi connectivity index (χ0) is 18.8. The molecule has 4 nitrogen and oxygen atoms in total. The molecule has 0 atom stereocenters. The van der Waals surface area contributed by atoms with Gasteiger partial charge in [-0.15, -0.1) is 0 Å². The molecular formula is C21H19FN2O2. The summed E-state index contributed by atoms with van der Waals surface area (Å²) in [6, 6.07) is 15.3. The van der Waals surface area contributed by atoms with Crippen LogP contribution < -0.4 is 5.32 Å². The average Bonchev–Trinajstić information content (AvgIpc) is 2.90. The molecule has 132 valence electrons. The Bertz CT molecular complexity index is 1000. The van der Waals surface area contributed by atoms with Crippen molar-refractivity contribution in [1.82, 2.24) is 4.57 Å². The lowest BCUT2D eigenvalue weighted by Crippen LogP contribution is -2.23. The number of hydrogen-bond donors (Lipinski definition) is 1. The molecule has 0 fully saturated rings. The number of nitrogens with one attached hydrogen (secondary N) is 1. The van der Waals surface area contributed by atoms with Crippen LogP contribution >= 0.6 is 0 Å². The zero-order valence-corrected chi connectivity index (χ0v) is 14.8. The number of anilines is 1. The lowest BCUT2D eigenvalue weighted by atomic mass is 10.1. The third-order valence-corrected chi connectivity index (χ3v) is 4.26. The number of hydrogen-bond acceptors (Lipinski definition) is 2. The summed E-state index contributed by atoms with van der Waals surface area (Å²) in [7, 11) is 0. The Morgan fingerprint density at radius 2 is 1.69 bits per heavy atom. The van der Waals surface area contributed by atoms with Gasteiger partial charge in [-0.25, -0.2) is 4.39 Å². The predicted molar refractivity (Wildman–Crippen MR) is 99.3 cm³/mol. The Kier molecular flexibility index (Phi) is 4.71. The van der Waals surface area contributed by atoms with E-state index in [1.165, 1.54) is 18.2 Å². The van der Waals surface area contributed by atoms with Crippen LogP contribution in [-0.4, -0.2) is 16.3 Å². The standard InChI is InChI=1S/C21H19FN2O2/c1-13-7-6-8-16(11-13)24-14(2)12-17(15(24)3)20(25)21(26)23-19-10-5-4-9-18(19)22/h4-12H,1-3H3,(H,23,26). The van der Waals surface area contributed by atoms with Crippen molar-refractivity contribution in [3.63, 3.8) is 0 Å². The van der Waals surface area contributed by atoms with E-state index in [1.54, 1.807) is 19.1 Å². The molecule has 0 aliphatic rings. The van der Waals surface area contributed by atoms with E-state index in [0.717, 1.165) is 16.9 Å². The molecule has 0 saturated heterocycles. The van der Waals surface area contributed by atoms with E-state index < -0.39 is 17.5 Å². The number of rotatable bonds is 4. The van der Waals surface area contributed by atoms with Gasteiger partial charge >= 0.3 is 0 Å². The largest absolute Gasteiger partial charge is 0.318 e. The molecule has 5 heteroatoms. The maximum absolute atomic E-state index is 13.7. The Morgan fingerprint density at radius 3 is 2.38 bits per heavy atom. The van der Waals surface area contributed by atoms with E-state index in [0.29, 0.717) is 11.3 Å². The van der Waals surface area contributed by atoms with E-state index in [-0.39, 0.29) is 5.69 Å². The third-order valence-electron chi connectivity index (χ3n) is 4.26. The maximum atomic E-state index is 13.7. The number of amides is 1. The molecule has 0 unspecified atom stereocenters. The van der Waals surface area contributed by atoms with Gasteiger partial charge in [0.15, 0.2) is 0 Å². The van der Waals surface area contributed by atoms with Crippen molar-refractivity contribution in [1.29, 1.82) is 0 Å². The second kappa shape index (κ2) is 6.96. The normalized spacial score (nSPS) is 10.6. The monoisotopic (exact) mass is 350 g/mol. The van der Waals surface area contributed by atoms with Crippen molar-refractivity contribution in [2.24, 2.45) is 0 Å². The Morgan fingerprint density at radius 1 is 0.962 bits per heavy atom. The van der Waals surface area contributed by atoms with Gasteiger partial charge in [0.2, 0.25) is 0 Å². The van der Waals surface area contributed by atoms with Crippen LogP contribution in [0.1, 0.15) is 27.3 Å². The van der Waals surface area contributed by atoms with Gasteiger partial charge in [-0.05, 0) is 56.7 Å². The second-order valence-electron chi connectivity index (χ2n) is 6.22. The van der Waals surface area contributed by atoms with Crippen molar-refractivity contribution >= 4 is 17.4 Å². The van der Waals surface area contributed by atoms with Gasteiger partial charge < -0.3 is 9.88 Å². The molecule has 1 heterocycles. The number of carbonyl (C=O) groups is 2. The fraction of sp³-hybridized carbons (Fsp3) is 0.143.